The highest BCUT2D eigenvalue weighted by atomic mass is 32.2. The van der Waals surface area contributed by atoms with Crippen LogP contribution in [0.25, 0.3) is 0 Å². The van der Waals surface area contributed by atoms with E-state index in [9.17, 15) is 14.4 Å². The maximum atomic E-state index is 12.5. The minimum absolute atomic E-state index is 0.0112. The molecule has 1 N–H and O–H groups in total. The summed E-state index contributed by atoms with van der Waals surface area (Å²) in [6.45, 7) is 4.83. The molecule has 1 aromatic carbocycles. The SMILES string of the molecule is Cc1ccc(NC(=O)C[C@H]2SC(=O)N(CN3CCOCC3)C2=O)cc1. The van der Waals surface area contributed by atoms with Crippen LogP contribution in [0.4, 0.5) is 10.5 Å². The number of amides is 3. The van der Waals surface area contributed by atoms with Gasteiger partial charge in [-0.1, -0.05) is 29.5 Å². The third kappa shape index (κ3) is 4.59. The molecule has 3 amide bonds. The second-order valence-corrected chi connectivity index (χ2v) is 7.28. The Hall–Kier alpha value is -1.90. The number of thioether (sulfide) groups is 1. The molecule has 3 rings (SSSR count). The summed E-state index contributed by atoms with van der Waals surface area (Å²) in [6.07, 6.45) is -0.0112. The van der Waals surface area contributed by atoms with Crippen molar-refractivity contribution >= 4 is 34.5 Å². The topological polar surface area (TPSA) is 79.0 Å². The first-order valence-corrected chi connectivity index (χ1v) is 9.09. The monoisotopic (exact) mass is 363 g/mol. The van der Waals surface area contributed by atoms with Crippen molar-refractivity contribution in [2.75, 3.05) is 38.3 Å². The van der Waals surface area contributed by atoms with E-state index in [2.05, 4.69) is 5.32 Å². The van der Waals surface area contributed by atoms with Crippen molar-refractivity contribution < 1.29 is 19.1 Å². The van der Waals surface area contributed by atoms with Gasteiger partial charge in [0.2, 0.25) is 11.8 Å². The van der Waals surface area contributed by atoms with Gasteiger partial charge in [-0.2, -0.15) is 0 Å². The van der Waals surface area contributed by atoms with Gasteiger partial charge in [-0.15, -0.1) is 0 Å². The zero-order valence-electron chi connectivity index (χ0n) is 14.1. The summed E-state index contributed by atoms with van der Waals surface area (Å²) in [7, 11) is 0. The molecule has 2 heterocycles. The first kappa shape index (κ1) is 17.9. The van der Waals surface area contributed by atoms with Crippen LogP contribution in [-0.2, 0) is 14.3 Å². The lowest BCUT2D eigenvalue weighted by Crippen LogP contribution is -2.46. The normalized spacial score (nSPS) is 21.6. The highest BCUT2D eigenvalue weighted by Crippen LogP contribution is 2.29. The zero-order valence-corrected chi connectivity index (χ0v) is 14.9. The van der Waals surface area contributed by atoms with Gasteiger partial charge in [0.1, 0.15) is 5.25 Å². The molecule has 8 heteroatoms. The van der Waals surface area contributed by atoms with E-state index in [-0.39, 0.29) is 30.1 Å². The van der Waals surface area contributed by atoms with Gasteiger partial charge >= 0.3 is 0 Å². The van der Waals surface area contributed by atoms with E-state index in [4.69, 9.17) is 4.74 Å². The lowest BCUT2D eigenvalue weighted by atomic mass is 10.2. The minimum Gasteiger partial charge on any atom is -0.379 e. The number of hydrogen-bond donors (Lipinski definition) is 1. The number of benzene rings is 1. The molecule has 1 aromatic rings. The summed E-state index contributed by atoms with van der Waals surface area (Å²) in [5.74, 6) is -0.559. The van der Waals surface area contributed by atoms with E-state index in [0.29, 0.717) is 32.0 Å². The zero-order chi connectivity index (χ0) is 17.8. The Morgan fingerprint density at radius 2 is 1.92 bits per heavy atom. The number of carbonyl (C=O) groups is 3. The fourth-order valence-electron chi connectivity index (χ4n) is 2.72. The number of hydrogen-bond acceptors (Lipinski definition) is 6. The van der Waals surface area contributed by atoms with Gasteiger partial charge in [0.15, 0.2) is 0 Å². The van der Waals surface area contributed by atoms with Gasteiger partial charge in [-0.3, -0.25) is 24.2 Å². The number of morpholine rings is 1. The van der Waals surface area contributed by atoms with Crippen molar-refractivity contribution in [3.05, 3.63) is 29.8 Å². The molecule has 2 fully saturated rings. The molecule has 134 valence electrons. The molecule has 2 saturated heterocycles. The van der Waals surface area contributed by atoms with Crippen molar-refractivity contribution in [3.63, 3.8) is 0 Å². The van der Waals surface area contributed by atoms with Crippen LogP contribution < -0.4 is 5.32 Å². The maximum absolute atomic E-state index is 12.5. The summed E-state index contributed by atoms with van der Waals surface area (Å²) in [5, 5.41) is 1.83. The summed E-state index contributed by atoms with van der Waals surface area (Å²) in [4.78, 5) is 40.0. The van der Waals surface area contributed by atoms with E-state index >= 15 is 0 Å². The molecule has 0 aliphatic carbocycles. The van der Waals surface area contributed by atoms with Gasteiger partial charge in [0, 0.05) is 25.2 Å². The molecule has 0 saturated carbocycles. The van der Waals surface area contributed by atoms with Crippen LogP contribution in [0, 0.1) is 6.92 Å². The number of ether oxygens (including phenoxy) is 1. The maximum Gasteiger partial charge on any atom is 0.290 e. The smallest absolute Gasteiger partial charge is 0.290 e. The van der Waals surface area contributed by atoms with E-state index < -0.39 is 5.25 Å². The first-order chi connectivity index (χ1) is 12.0. The highest BCUT2D eigenvalue weighted by molar-refractivity contribution is 8.15. The minimum atomic E-state index is -0.654. The van der Waals surface area contributed by atoms with Gasteiger partial charge in [0.05, 0.1) is 19.9 Å². The Labute approximate surface area is 150 Å². The van der Waals surface area contributed by atoms with Gasteiger partial charge < -0.3 is 10.1 Å². The Kier molecular flexibility index (Phi) is 5.72. The highest BCUT2D eigenvalue weighted by Gasteiger charge is 2.41. The average Bonchev–Trinajstić information content (AvgIpc) is 2.85. The fourth-order valence-corrected chi connectivity index (χ4v) is 3.70. The summed E-state index contributed by atoms with van der Waals surface area (Å²) in [5.41, 5.74) is 1.78. The third-order valence-corrected chi connectivity index (χ3v) is 5.23. The molecule has 7 nitrogen and oxygen atoms in total. The van der Waals surface area contributed by atoms with Crippen molar-refractivity contribution in [2.24, 2.45) is 0 Å². The Morgan fingerprint density at radius 3 is 2.60 bits per heavy atom. The molecule has 25 heavy (non-hydrogen) atoms. The second-order valence-electron chi connectivity index (χ2n) is 6.13. The first-order valence-electron chi connectivity index (χ1n) is 8.21. The van der Waals surface area contributed by atoms with E-state index in [1.807, 2.05) is 36.1 Å². The lowest BCUT2D eigenvalue weighted by molar-refractivity contribution is -0.130. The molecule has 0 aromatic heterocycles. The van der Waals surface area contributed by atoms with Gasteiger partial charge in [-0.25, -0.2) is 0 Å². The van der Waals surface area contributed by atoms with Crippen LogP contribution in [0.1, 0.15) is 12.0 Å². The Morgan fingerprint density at radius 1 is 1.24 bits per heavy atom. The number of nitrogens with zero attached hydrogens (tertiary/aromatic N) is 2. The Balaban J connectivity index is 1.54. The van der Waals surface area contributed by atoms with Crippen LogP contribution in [-0.4, -0.2) is 65.1 Å². The fraction of sp³-hybridized carbons (Fsp3) is 0.471. The molecule has 0 bridgehead atoms. The molecule has 0 unspecified atom stereocenters. The second kappa shape index (κ2) is 7.99. The lowest BCUT2D eigenvalue weighted by Gasteiger charge is -2.29. The van der Waals surface area contributed by atoms with Crippen LogP contribution >= 0.6 is 11.8 Å². The van der Waals surface area contributed by atoms with Crippen molar-refractivity contribution in [3.8, 4) is 0 Å². The van der Waals surface area contributed by atoms with E-state index in [0.717, 1.165) is 17.3 Å². The summed E-state index contributed by atoms with van der Waals surface area (Å²) < 4.78 is 5.27. The van der Waals surface area contributed by atoms with Crippen molar-refractivity contribution in [1.29, 1.82) is 0 Å². The molecule has 2 aliphatic heterocycles. The van der Waals surface area contributed by atoms with Crippen LogP contribution in [0.3, 0.4) is 0 Å². The van der Waals surface area contributed by atoms with Crippen molar-refractivity contribution in [1.82, 2.24) is 9.80 Å². The van der Waals surface area contributed by atoms with Crippen LogP contribution in [0.15, 0.2) is 24.3 Å². The standard InChI is InChI=1S/C17H21N3O4S/c1-12-2-4-13(5-3-12)18-15(21)10-14-16(22)20(17(23)25-14)11-19-6-8-24-9-7-19/h2-5,14H,6-11H2,1H3,(H,18,21)/t14-/m1/s1. The number of nitrogens with one attached hydrogen (secondary N) is 1. The van der Waals surface area contributed by atoms with E-state index in [1.54, 1.807) is 0 Å². The van der Waals surface area contributed by atoms with Crippen molar-refractivity contribution in [2.45, 2.75) is 18.6 Å². The largest absolute Gasteiger partial charge is 0.379 e. The molecule has 2 aliphatic rings. The molecule has 0 radical (unpaired) electrons. The number of aryl methyl sites for hydroxylation is 1. The average molecular weight is 363 g/mol. The van der Waals surface area contributed by atoms with E-state index in [1.165, 1.54) is 4.90 Å². The quantitative estimate of drug-likeness (QED) is 0.857. The number of rotatable bonds is 5. The van der Waals surface area contributed by atoms with Crippen LogP contribution in [0.5, 0.6) is 0 Å². The molecule has 0 spiro atoms. The molecular formula is C17H21N3O4S. The van der Waals surface area contributed by atoms with Crippen LogP contribution in [0.2, 0.25) is 0 Å². The number of carbonyl (C=O) groups excluding carboxylic acids is 3. The Bertz CT molecular complexity index is 658. The third-order valence-electron chi connectivity index (χ3n) is 4.16. The summed E-state index contributed by atoms with van der Waals surface area (Å²) >= 11 is 0.930. The molecular weight excluding hydrogens is 342 g/mol. The van der Waals surface area contributed by atoms with Gasteiger partial charge in [0.25, 0.3) is 5.24 Å². The predicted molar refractivity (Wildman–Crippen MR) is 95.3 cm³/mol. The number of anilines is 1. The summed E-state index contributed by atoms with van der Waals surface area (Å²) in [6, 6.07) is 7.43. The van der Waals surface area contributed by atoms with Gasteiger partial charge in [-0.05, 0) is 19.1 Å². The molecule has 1 atom stereocenters. The predicted octanol–water partition coefficient (Wildman–Crippen LogP) is 1.68. The number of imide groups is 1.